The van der Waals surface area contributed by atoms with Crippen LogP contribution in [0.25, 0.3) is 27.8 Å². The lowest BCUT2D eigenvalue weighted by molar-refractivity contribution is 0.0487. The molecule has 5 rings (SSSR count). The predicted octanol–water partition coefficient (Wildman–Crippen LogP) is 5.42. The predicted molar refractivity (Wildman–Crippen MR) is 165 cm³/mol. The van der Waals surface area contributed by atoms with Crippen LogP contribution in [0, 0.1) is 5.82 Å². The third-order valence-electron chi connectivity index (χ3n) is 7.56. The molecule has 0 unspecified atom stereocenters. The van der Waals surface area contributed by atoms with Crippen LogP contribution in [-0.2, 0) is 11.3 Å². The Morgan fingerprint density at radius 2 is 1.72 bits per heavy atom. The Balaban J connectivity index is 1.50. The van der Waals surface area contributed by atoms with Gasteiger partial charge in [-0.25, -0.2) is 23.5 Å². The third-order valence-corrected chi connectivity index (χ3v) is 7.56. The lowest BCUT2D eigenvalue weighted by Gasteiger charge is -2.31. The summed E-state index contributed by atoms with van der Waals surface area (Å²) in [6, 6.07) is 16.3. The average molecular weight is 588 g/mol. The number of alkyl carbamates (subject to hydrolysis) is 1. The lowest BCUT2D eigenvalue weighted by atomic mass is 9.91. The molecule has 0 saturated heterocycles. The van der Waals surface area contributed by atoms with Crippen molar-refractivity contribution in [2.45, 2.75) is 70.7 Å². The summed E-state index contributed by atoms with van der Waals surface area (Å²) in [6.45, 7) is 6.23. The molecule has 2 aromatic carbocycles. The highest BCUT2D eigenvalue weighted by Crippen LogP contribution is 2.28. The summed E-state index contributed by atoms with van der Waals surface area (Å²) in [6.07, 6.45) is 2.63. The van der Waals surface area contributed by atoms with Gasteiger partial charge in [-0.15, -0.1) is 0 Å². The maximum Gasteiger partial charge on any atom is 0.407 e. The Kier molecular flexibility index (Phi) is 8.50. The maximum absolute atomic E-state index is 14.4. The molecular weight excluding hydrogens is 549 g/mol. The zero-order valence-corrected chi connectivity index (χ0v) is 25.3. The number of hydrogen-bond acceptors (Lipinski definition) is 6. The minimum absolute atomic E-state index is 0.0343. The Labute approximate surface area is 249 Å². The van der Waals surface area contributed by atoms with Crippen LogP contribution in [0.4, 0.5) is 9.18 Å². The van der Waals surface area contributed by atoms with Gasteiger partial charge >= 0.3 is 11.8 Å². The van der Waals surface area contributed by atoms with E-state index in [1.54, 1.807) is 26.8 Å². The molecular formula is C33H38FN5O4. The largest absolute Gasteiger partial charge is 0.444 e. The quantitative estimate of drug-likeness (QED) is 0.323. The van der Waals surface area contributed by atoms with Gasteiger partial charge in [0, 0.05) is 18.6 Å². The highest BCUT2D eigenvalue weighted by atomic mass is 19.1. The van der Waals surface area contributed by atoms with Crippen LogP contribution in [0.1, 0.15) is 58.1 Å². The molecule has 1 amide bonds. The number of rotatable bonds is 6. The van der Waals surface area contributed by atoms with Crippen molar-refractivity contribution in [3.63, 3.8) is 0 Å². The van der Waals surface area contributed by atoms with Crippen molar-refractivity contribution in [1.29, 1.82) is 0 Å². The van der Waals surface area contributed by atoms with Gasteiger partial charge in [-0.3, -0.25) is 9.36 Å². The molecule has 226 valence electrons. The lowest BCUT2D eigenvalue weighted by Crippen LogP contribution is -2.45. The smallest absolute Gasteiger partial charge is 0.407 e. The van der Waals surface area contributed by atoms with Crippen LogP contribution in [0.2, 0.25) is 0 Å². The molecule has 1 aliphatic carbocycles. The van der Waals surface area contributed by atoms with E-state index in [4.69, 9.17) is 4.74 Å². The number of aromatic nitrogens is 3. The van der Waals surface area contributed by atoms with E-state index < -0.39 is 34.8 Å². The number of hydrogen-bond donors (Lipinski definition) is 1. The first-order chi connectivity index (χ1) is 20.4. The van der Waals surface area contributed by atoms with E-state index in [9.17, 15) is 18.8 Å². The monoisotopic (exact) mass is 587 g/mol. The highest BCUT2D eigenvalue weighted by molar-refractivity contribution is 5.76. The first-order valence-electron chi connectivity index (χ1n) is 14.6. The fraction of sp³-hybridized carbons (Fsp3) is 0.394. The molecule has 1 fully saturated rings. The molecule has 4 aromatic rings. The van der Waals surface area contributed by atoms with Gasteiger partial charge < -0.3 is 15.0 Å². The number of fused-ring (bicyclic) bond motifs is 1. The zero-order valence-electron chi connectivity index (χ0n) is 25.3. The summed E-state index contributed by atoms with van der Waals surface area (Å²) < 4.78 is 22.4. The van der Waals surface area contributed by atoms with Crippen LogP contribution >= 0.6 is 0 Å². The van der Waals surface area contributed by atoms with Gasteiger partial charge in [-0.1, -0.05) is 36.4 Å². The minimum atomic E-state index is -0.654. The maximum atomic E-state index is 14.4. The molecule has 2 heterocycles. The van der Waals surface area contributed by atoms with Crippen LogP contribution in [-0.4, -0.2) is 50.8 Å². The number of carbonyl (C=O) groups excluding carboxylic acids is 1. The first-order valence-corrected chi connectivity index (χ1v) is 14.6. The van der Waals surface area contributed by atoms with Gasteiger partial charge in [0.2, 0.25) is 0 Å². The molecule has 43 heavy (non-hydrogen) atoms. The topological polar surface area (TPSA) is 98.5 Å². The van der Waals surface area contributed by atoms with Crippen molar-refractivity contribution in [3.05, 3.63) is 93.0 Å². The summed E-state index contributed by atoms with van der Waals surface area (Å²) in [4.78, 5) is 46.3. The molecule has 0 atom stereocenters. The highest BCUT2D eigenvalue weighted by Gasteiger charge is 2.29. The number of nitrogens with zero attached hydrogens (tertiary/aromatic N) is 4. The molecule has 9 nitrogen and oxygen atoms in total. The van der Waals surface area contributed by atoms with Crippen LogP contribution in [0.5, 0.6) is 0 Å². The molecule has 0 radical (unpaired) electrons. The van der Waals surface area contributed by atoms with E-state index in [-0.39, 0.29) is 17.1 Å². The Morgan fingerprint density at radius 3 is 2.37 bits per heavy atom. The number of amides is 1. The van der Waals surface area contributed by atoms with Crippen LogP contribution in [0.15, 0.2) is 70.4 Å². The third kappa shape index (κ3) is 6.85. The number of ether oxygens (including phenoxy) is 1. The summed E-state index contributed by atoms with van der Waals surface area (Å²) in [5.41, 5.74) is 1.97. The van der Waals surface area contributed by atoms with Crippen molar-refractivity contribution in [2.24, 2.45) is 0 Å². The Bertz CT molecular complexity index is 1750. The average Bonchev–Trinajstić information content (AvgIpc) is 2.94. The minimum Gasteiger partial charge on any atom is -0.444 e. The second-order valence-corrected chi connectivity index (χ2v) is 12.5. The van der Waals surface area contributed by atoms with E-state index >= 15 is 0 Å². The van der Waals surface area contributed by atoms with Crippen molar-refractivity contribution >= 4 is 17.1 Å². The second-order valence-electron chi connectivity index (χ2n) is 12.5. The van der Waals surface area contributed by atoms with Crippen molar-refractivity contribution in [2.75, 3.05) is 14.1 Å². The SMILES string of the molecule is CN(C)Cc1ccc(-c2cccc(-n3c(=O)n(C4CCC(NC(=O)OC(C)(C)C)CC4)c(=O)c4cc(F)cnc43)c2)cc1. The number of halogens is 1. The standard InChI is InChI=1S/C33H38FN5O4/c1-33(2,3)43-31(41)36-25-13-15-26(16-14-25)39-30(40)28-18-24(34)19-35-29(28)38(32(39)42)27-8-6-7-23(17-27)22-11-9-21(10-12-22)20-37(4)5/h6-12,17-19,25-26H,13-16,20H2,1-5H3,(H,36,41). The molecule has 0 bridgehead atoms. The van der Waals surface area contributed by atoms with Gasteiger partial charge in [-0.2, -0.15) is 0 Å². The molecule has 1 aliphatic rings. The summed E-state index contributed by atoms with van der Waals surface area (Å²) >= 11 is 0. The van der Waals surface area contributed by atoms with Crippen molar-refractivity contribution in [1.82, 2.24) is 24.3 Å². The first kappa shape index (κ1) is 30.2. The summed E-state index contributed by atoms with van der Waals surface area (Å²) in [7, 11) is 4.04. The van der Waals surface area contributed by atoms with E-state index in [0.29, 0.717) is 31.4 Å². The van der Waals surface area contributed by atoms with Gasteiger partial charge in [0.25, 0.3) is 5.56 Å². The molecule has 0 aliphatic heterocycles. The fourth-order valence-corrected chi connectivity index (χ4v) is 5.68. The summed E-state index contributed by atoms with van der Waals surface area (Å²) in [5, 5.41) is 2.93. The number of benzene rings is 2. The van der Waals surface area contributed by atoms with Crippen LogP contribution < -0.4 is 16.6 Å². The fourth-order valence-electron chi connectivity index (χ4n) is 5.68. The number of nitrogens with one attached hydrogen (secondary N) is 1. The molecule has 2 aromatic heterocycles. The zero-order chi connectivity index (χ0) is 30.9. The number of pyridine rings is 1. The summed E-state index contributed by atoms with van der Waals surface area (Å²) in [5.74, 6) is -0.654. The normalized spacial score (nSPS) is 17.3. The molecule has 1 saturated carbocycles. The van der Waals surface area contributed by atoms with Gasteiger partial charge in [0.15, 0.2) is 5.65 Å². The molecule has 1 N–H and O–H groups in total. The van der Waals surface area contributed by atoms with Crippen molar-refractivity contribution in [3.8, 4) is 16.8 Å². The van der Waals surface area contributed by atoms with E-state index in [1.807, 2.05) is 44.4 Å². The van der Waals surface area contributed by atoms with Gasteiger partial charge in [-0.05, 0) is 95.4 Å². The van der Waals surface area contributed by atoms with Gasteiger partial charge in [0.05, 0.1) is 17.3 Å². The van der Waals surface area contributed by atoms with E-state index in [1.165, 1.54) is 14.7 Å². The van der Waals surface area contributed by atoms with Gasteiger partial charge in [0.1, 0.15) is 11.4 Å². The molecule has 0 spiro atoms. The van der Waals surface area contributed by atoms with E-state index in [2.05, 4.69) is 27.3 Å². The van der Waals surface area contributed by atoms with Crippen LogP contribution in [0.3, 0.4) is 0 Å². The molecule has 10 heteroatoms. The number of carbonyl (C=O) groups is 1. The van der Waals surface area contributed by atoms with Crippen molar-refractivity contribution < 1.29 is 13.9 Å². The Hall–Kier alpha value is -4.31. The second kappa shape index (κ2) is 12.1. The Morgan fingerprint density at radius 1 is 1.02 bits per heavy atom. The van der Waals surface area contributed by atoms with E-state index in [0.717, 1.165) is 29.9 Å².